The number of hydrogen-bond donors (Lipinski definition) is 2. The molecule has 1 aliphatic heterocycles. The summed E-state index contributed by atoms with van der Waals surface area (Å²) in [6.07, 6.45) is 2.67. The molecule has 1 saturated carbocycles. The first kappa shape index (κ1) is 14.4. The minimum Gasteiger partial charge on any atom is -0.337 e. The smallest absolute Gasteiger partial charge is 0.315 e. The summed E-state index contributed by atoms with van der Waals surface area (Å²) in [5.41, 5.74) is 1.33. The van der Waals surface area contributed by atoms with Crippen molar-refractivity contribution in [1.29, 1.82) is 0 Å². The van der Waals surface area contributed by atoms with E-state index in [0.29, 0.717) is 13.0 Å². The van der Waals surface area contributed by atoms with Crippen LogP contribution in [0.1, 0.15) is 24.8 Å². The van der Waals surface area contributed by atoms with Crippen molar-refractivity contribution in [2.45, 2.75) is 30.7 Å². The van der Waals surface area contributed by atoms with E-state index in [9.17, 15) is 13.2 Å². The minimum atomic E-state index is -2.96. The average Bonchev–Trinajstić information content (AvgIpc) is 3.18. The summed E-state index contributed by atoms with van der Waals surface area (Å²) in [5.74, 6) is 0.232. The number of hydrogen-bond acceptors (Lipinski definition) is 3. The summed E-state index contributed by atoms with van der Waals surface area (Å²) in [5, 5.41) is 5.65. The van der Waals surface area contributed by atoms with Gasteiger partial charge < -0.3 is 10.6 Å². The van der Waals surface area contributed by atoms with Gasteiger partial charge in [-0.2, -0.15) is 0 Å². The summed E-state index contributed by atoms with van der Waals surface area (Å²) < 4.78 is 22.7. The van der Waals surface area contributed by atoms with Gasteiger partial charge in [-0.25, -0.2) is 13.2 Å². The van der Waals surface area contributed by atoms with Crippen molar-refractivity contribution in [2.75, 3.05) is 18.1 Å². The molecule has 21 heavy (non-hydrogen) atoms. The SMILES string of the molecule is O=C(NCC1(c2ccccc2)CC1)N[C@@H]1CCS(=O)(=O)C1. The maximum absolute atomic E-state index is 11.9. The highest BCUT2D eigenvalue weighted by Gasteiger charge is 2.44. The second kappa shape index (κ2) is 5.33. The summed E-state index contributed by atoms with van der Waals surface area (Å²) in [7, 11) is -2.96. The molecule has 0 aromatic heterocycles. The van der Waals surface area contributed by atoms with Crippen LogP contribution in [0, 0.1) is 0 Å². The molecule has 114 valence electrons. The number of nitrogens with one attached hydrogen (secondary N) is 2. The van der Waals surface area contributed by atoms with Crippen molar-refractivity contribution >= 4 is 15.9 Å². The minimum absolute atomic E-state index is 0.0598. The van der Waals surface area contributed by atoms with Gasteiger partial charge in [0.2, 0.25) is 0 Å². The van der Waals surface area contributed by atoms with E-state index in [2.05, 4.69) is 22.8 Å². The molecule has 1 saturated heterocycles. The number of benzene rings is 1. The Bertz CT molecular complexity index is 624. The highest BCUT2D eigenvalue weighted by molar-refractivity contribution is 7.91. The number of carbonyl (C=O) groups is 1. The first-order chi connectivity index (χ1) is 9.99. The van der Waals surface area contributed by atoms with E-state index < -0.39 is 9.84 Å². The van der Waals surface area contributed by atoms with Gasteiger partial charge in [0.05, 0.1) is 11.5 Å². The molecule has 0 radical (unpaired) electrons. The summed E-state index contributed by atoms with van der Waals surface area (Å²) in [6.45, 7) is 0.600. The molecule has 5 nitrogen and oxygen atoms in total. The number of sulfone groups is 1. The molecule has 1 aromatic carbocycles. The predicted molar refractivity (Wildman–Crippen MR) is 80.9 cm³/mol. The molecular formula is C15H20N2O3S. The van der Waals surface area contributed by atoms with Crippen molar-refractivity contribution in [3.05, 3.63) is 35.9 Å². The number of rotatable bonds is 4. The lowest BCUT2D eigenvalue weighted by molar-refractivity contribution is 0.237. The van der Waals surface area contributed by atoms with Gasteiger partial charge >= 0.3 is 6.03 Å². The highest BCUT2D eigenvalue weighted by atomic mass is 32.2. The van der Waals surface area contributed by atoms with Crippen LogP contribution in [0.4, 0.5) is 4.79 Å². The third-order valence-corrected chi connectivity index (χ3v) is 6.16. The van der Waals surface area contributed by atoms with Gasteiger partial charge in [0, 0.05) is 18.0 Å². The fourth-order valence-corrected chi connectivity index (χ4v) is 4.58. The van der Waals surface area contributed by atoms with Crippen LogP contribution >= 0.6 is 0 Å². The van der Waals surface area contributed by atoms with E-state index in [4.69, 9.17) is 0 Å². The highest BCUT2D eigenvalue weighted by Crippen LogP contribution is 2.47. The van der Waals surface area contributed by atoms with Crippen molar-refractivity contribution in [2.24, 2.45) is 0 Å². The van der Waals surface area contributed by atoms with Gasteiger partial charge in [-0.15, -0.1) is 0 Å². The van der Waals surface area contributed by atoms with Crippen molar-refractivity contribution in [3.8, 4) is 0 Å². The Morgan fingerprint density at radius 3 is 2.52 bits per heavy atom. The zero-order chi connectivity index (χ0) is 14.9. The fraction of sp³-hybridized carbons (Fsp3) is 0.533. The zero-order valence-corrected chi connectivity index (χ0v) is 12.7. The van der Waals surface area contributed by atoms with Gasteiger partial charge in [0.15, 0.2) is 9.84 Å². The normalized spacial score (nSPS) is 25.2. The van der Waals surface area contributed by atoms with E-state index in [1.807, 2.05) is 18.2 Å². The predicted octanol–water partition coefficient (Wildman–Crippen LogP) is 1.20. The van der Waals surface area contributed by atoms with Gasteiger partial charge in [0.25, 0.3) is 0 Å². The number of amides is 2. The van der Waals surface area contributed by atoms with Gasteiger partial charge in [-0.3, -0.25) is 0 Å². The third-order valence-electron chi connectivity index (χ3n) is 4.39. The van der Waals surface area contributed by atoms with Crippen LogP contribution in [0.5, 0.6) is 0 Å². The molecule has 2 fully saturated rings. The van der Waals surface area contributed by atoms with Crippen molar-refractivity contribution < 1.29 is 13.2 Å². The Hall–Kier alpha value is -1.56. The van der Waals surface area contributed by atoms with E-state index in [1.54, 1.807) is 0 Å². The summed E-state index contributed by atoms with van der Waals surface area (Å²) >= 11 is 0. The number of urea groups is 1. The maximum atomic E-state index is 11.9. The van der Waals surface area contributed by atoms with Crippen LogP contribution in [0.25, 0.3) is 0 Å². The standard InChI is InChI=1S/C15H20N2O3S/c18-14(17-13-6-9-21(19,20)10-13)16-11-15(7-8-15)12-4-2-1-3-5-12/h1-5,13H,6-11H2,(H2,16,17,18)/t13-/m1/s1. The topological polar surface area (TPSA) is 75.3 Å². The molecule has 2 N–H and O–H groups in total. The first-order valence-electron chi connectivity index (χ1n) is 7.29. The largest absolute Gasteiger partial charge is 0.337 e. The average molecular weight is 308 g/mol. The molecule has 2 aliphatic rings. The molecule has 1 heterocycles. The van der Waals surface area contributed by atoms with Crippen LogP contribution in [-0.2, 0) is 15.3 Å². The molecule has 1 aromatic rings. The number of carbonyl (C=O) groups excluding carboxylic acids is 1. The van der Waals surface area contributed by atoms with E-state index in [1.165, 1.54) is 5.56 Å². The van der Waals surface area contributed by atoms with E-state index in [-0.39, 0.29) is 29.0 Å². The molecule has 0 unspecified atom stereocenters. The zero-order valence-electron chi connectivity index (χ0n) is 11.8. The first-order valence-corrected chi connectivity index (χ1v) is 9.12. The van der Waals surface area contributed by atoms with E-state index >= 15 is 0 Å². The van der Waals surface area contributed by atoms with Crippen LogP contribution in [0.2, 0.25) is 0 Å². The Kier molecular flexibility index (Phi) is 3.65. The lowest BCUT2D eigenvalue weighted by atomic mass is 9.96. The Balaban J connectivity index is 1.51. The maximum Gasteiger partial charge on any atom is 0.315 e. The van der Waals surface area contributed by atoms with Crippen LogP contribution in [-0.4, -0.2) is 38.5 Å². The Morgan fingerprint density at radius 2 is 1.95 bits per heavy atom. The second-order valence-corrected chi connectivity index (χ2v) is 8.30. The molecule has 1 aliphatic carbocycles. The van der Waals surface area contributed by atoms with Crippen molar-refractivity contribution in [1.82, 2.24) is 10.6 Å². The van der Waals surface area contributed by atoms with Gasteiger partial charge in [-0.05, 0) is 24.8 Å². The van der Waals surface area contributed by atoms with Crippen LogP contribution in [0.15, 0.2) is 30.3 Å². The molecule has 6 heteroatoms. The fourth-order valence-electron chi connectivity index (χ4n) is 2.90. The molecule has 2 amide bonds. The summed E-state index contributed by atoms with van der Waals surface area (Å²) in [4.78, 5) is 11.9. The lowest BCUT2D eigenvalue weighted by Crippen LogP contribution is -2.45. The second-order valence-electron chi connectivity index (χ2n) is 6.07. The molecule has 0 bridgehead atoms. The van der Waals surface area contributed by atoms with E-state index in [0.717, 1.165) is 12.8 Å². The van der Waals surface area contributed by atoms with Crippen LogP contribution in [0.3, 0.4) is 0 Å². The van der Waals surface area contributed by atoms with Crippen LogP contribution < -0.4 is 10.6 Å². The summed E-state index contributed by atoms with van der Waals surface area (Å²) in [6, 6.07) is 9.69. The Labute approximate surface area is 125 Å². The van der Waals surface area contributed by atoms with Gasteiger partial charge in [-0.1, -0.05) is 30.3 Å². The van der Waals surface area contributed by atoms with Gasteiger partial charge in [0.1, 0.15) is 0 Å². The molecule has 0 spiro atoms. The third kappa shape index (κ3) is 3.37. The lowest BCUT2D eigenvalue weighted by Gasteiger charge is -2.18. The Morgan fingerprint density at radius 1 is 1.24 bits per heavy atom. The molecule has 1 atom stereocenters. The molecular weight excluding hydrogens is 288 g/mol. The quantitative estimate of drug-likeness (QED) is 0.878. The molecule has 3 rings (SSSR count). The monoisotopic (exact) mass is 308 g/mol. The van der Waals surface area contributed by atoms with Crippen molar-refractivity contribution in [3.63, 3.8) is 0 Å².